The minimum Gasteiger partial charge on any atom is -0.442 e. The van der Waals surface area contributed by atoms with Crippen LogP contribution in [0.25, 0.3) is 16.8 Å². The molecule has 1 aliphatic carbocycles. The smallest absolute Gasteiger partial charge is 0.205 e. The van der Waals surface area contributed by atoms with Crippen LogP contribution in [0.15, 0.2) is 103 Å². The average molecular weight is 472 g/mol. The molecule has 0 fully saturated rings. The highest BCUT2D eigenvalue weighted by Gasteiger charge is 2.34. The van der Waals surface area contributed by atoms with Crippen molar-refractivity contribution in [2.24, 2.45) is 0 Å². The van der Waals surface area contributed by atoms with Crippen molar-refractivity contribution in [1.82, 2.24) is 0 Å². The molecule has 0 saturated carbocycles. The van der Waals surface area contributed by atoms with E-state index in [1.54, 1.807) is 6.08 Å². The maximum atomic E-state index is 13.2. The van der Waals surface area contributed by atoms with Crippen LogP contribution >= 0.6 is 11.3 Å². The van der Waals surface area contributed by atoms with Crippen LogP contribution in [0.2, 0.25) is 0 Å². The van der Waals surface area contributed by atoms with Gasteiger partial charge < -0.3 is 9.64 Å². The number of fused-ring (bicyclic) bond motifs is 4. The van der Waals surface area contributed by atoms with Crippen molar-refractivity contribution in [2.75, 3.05) is 4.90 Å². The molecule has 4 aromatic carbocycles. The molecule has 1 aliphatic heterocycles. The van der Waals surface area contributed by atoms with Crippen LogP contribution in [-0.4, -0.2) is 11.6 Å². The molecule has 2 heterocycles. The molecule has 0 radical (unpaired) electrons. The van der Waals surface area contributed by atoms with E-state index in [2.05, 4.69) is 4.90 Å². The quantitative estimate of drug-likeness (QED) is 0.190. The molecule has 5 heteroatoms. The van der Waals surface area contributed by atoms with Crippen molar-refractivity contribution in [3.63, 3.8) is 0 Å². The van der Waals surface area contributed by atoms with Crippen LogP contribution in [0.5, 0.6) is 10.8 Å². The molecule has 0 N–H and O–H groups in total. The molecule has 5 aromatic rings. The molecular weight excluding hydrogens is 454 g/mol. The van der Waals surface area contributed by atoms with Gasteiger partial charge in [-0.05, 0) is 59.3 Å². The number of nitrogens with zero attached hydrogens (tertiary/aromatic N) is 1. The number of para-hydroxylation sites is 3. The molecule has 4 nitrogen and oxygen atoms in total. The molecule has 0 saturated heterocycles. The minimum absolute atomic E-state index is 0.192. The predicted molar refractivity (Wildman–Crippen MR) is 140 cm³/mol. The van der Waals surface area contributed by atoms with Gasteiger partial charge >= 0.3 is 0 Å². The maximum Gasteiger partial charge on any atom is 0.205 e. The fourth-order valence-corrected chi connectivity index (χ4v) is 5.73. The van der Waals surface area contributed by atoms with Crippen LogP contribution in [0, 0.1) is 0 Å². The van der Waals surface area contributed by atoms with Crippen LogP contribution in [0.1, 0.15) is 25.6 Å². The number of carbonyl (C=O) groups is 2. The number of rotatable bonds is 2. The zero-order valence-corrected chi connectivity index (χ0v) is 19.2. The van der Waals surface area contributed by atoms with Crippen molar-refractivity contribution in [3.8, 4) is 10.8 Å². The molecular formula is C30H17NO3S. The Hall–Kier alpha value is -4.48. The first-order chi connectivity index (χ1) is 17.2. The van der Waals surface area contributed by atoms with Crippen LogP contribution in [0.4, 0.5) is 17.1 Å². The number of hydrogen-bond acceptors (Lipinski definition) is 5. The molecule has 0 amide bonds. The normalized spacial score (nSPS) is 13.9. The number of Topliss-reactive ketones (excluding diaryl/α,β-unsaturated/α-hetero) is 2. The van der Waals surface area contributed by atoms with E-state index in [0.717, 1.165) is 43.5 Å². The number of anilines is 3. The van der Waals surface area contributed by atoms with Crippen molar-refractivity contribution in [1.29, 1.82) is 0 Å². The van der Waals surface area contributed by atoms with Gasteiger partial charge in [0.25, 0.3) is 0 Å². The first-order valence-corrected chi connectivity index (χ1v) is 12.1. The van der Waals surface area contributed by atoms with E-state index in [-0.39, 0.29) is 17.1 Å². The number of allylic oxidation sites excluding steroid dienone is 1. The Bertz CT molecular complexity index is 1660. The third kappa shape index (κ3) is 3.06. The zero-order valence-electron chi connectivity index (χ0n) is 18.4. The monoisotopic (exact) mass is 471 g/mol. The van der Waals surface area contributed by atoms with Gasteiger partial charge in [0.2, 0.25) is 5.06 Å². The van der Waals surface area contributed by atoms with E-state index < -0.39 is 0 Å². The molecule has 2 aliphatic rings. The van der Waals surface area contributed by atoms with Gasteiger partial charge in [-0.1, -0.05) is 65.9 Å². The third-order valence-corrected chi connectivity index (χ3v) is 7.36. The largest absolute Gasteiger partial charge is 0.442 e. The van der Waals surface area contributed by atoms with Gasteiger partial charge in [0.05, 0.1) is 11.3 Å². The summed E-state index contributed by atoms with van der Waals surface area (Å²) in [6.45, 7) is 0. The Kier molecular flexibility index (Phi) is 4.28. The summed E-state index contributed by atoms with van der Waals surface area (Å²) in [5, 5.41) is 2.62. The number of thiophene rings is 1. The van der Waals surface area contributed by atoms with E-state index >= 15 is 0 Å². The molecule has 0 atom stereocenters. The Balaban J connectivity index is 1.33. The predicted octanol–water partition coefficient (Wildman–Crippen LogP) is 7.94. The lowest BCUT2D eigenvalue weighted by atomic mass is 10.0. The Morgan fingerprint density at radius 3 is 2.03 bits per heavy atom. The summed E-state index contributed by atoms with van der Waals surface area (Å²) >= 11 is 1.43. The molecule has 0 spiro atoms. The second-order valence-corrected chi connectivity index (χ2v) is 9.57. The summed E-state index contributed by atoms with van der Waals surface area (Å²) in [4.78, 5) is 29.4. The Labute approximate surface area is 205 Å². The number of hydrogen-bond donors (Lipinski definition) is 0. The van der Waals surface area contributed by atoms with E-state index in [9.17, 15) is 9.59 Å². The highest BCUT2D eigenvalue weighted by molar-refractivity contribution is 7.15. The number of ketones is 2. The minimum atomic E-state index is -0.230. The first kappa shape index (κ1) is 19.9. The molecule has 1 aromatic heterocycles. The van der Waals surface area contributed by atoms with Crippen LogP contribution < -0.4 is 9.64 Å². The molecule has 166 valence electrons. The summed E-state index contributed by atoms with van der Waals surface area (Å²) in [5.41, 5.74) is 3.96. The van der Waals surface area contributed by atoms with Gasteiger partial charge in [-0.15, -0.1) is 0 Å². The topological polar surface area (TPSA) is 46.6 Å². The van der Waals surface area contributed by atoms with Crippen molar-refractivity contribution >= 4 is 56.8 Å². The maximum absolute atomic E-state index is 13.2. The second-order valence-electron chi connectivity index (χ2n) is 8.52. The van der Waals surface area contributed by atoms with Crippen molar-refractivity contribution in [2.45, 2.75) is 0 Å². The SMILES string of the molecule is O=C1C(=Cc2cc3c(s2)Oc2ccccc2N3c2ccccc2)C(=O)c2cc3ccccc3cc21. The van der Waals surface area contributed by atoms with Gasteiger partial charge in [-0.3, -0.25) is 9.59 Å². The third-order valence-electron chi connectivity index (χ3n) is 6.41. The second kappa shape index (κ2) is 7.52. The van der Waals surface area contributed by atoms with Gasteiger partial charge in [0.15, 0.2) is 17.3 Å². The lowest BCUT2D eigenvalue weighted by molar-refractivity contribution is 0.0990. The Morgan fingerprint density at radius 2 is 1.31 bits per heavy atom. The highest BCUT2D eigenvalue weighted by Crippen LogP contribution is 2.54. The van der Waals surface area contributed by atoms with Crippen molar-refractivity contribution < 1.29 is 14.3 Å². The van der Waals surface area contributed by atoms with Gasteiger partial charge in [-0.2, -0.15) is 0 Å². The molecule has 0 bridgehead atoms. The van der Waals surface area contributed by atoms with E-state index in [4.69, 9.17) is 4.74 Å². The number of carbonyl (C=O) groups excluding carboxylic acids is 2. The lowest BCUT2D eigenvalue weighted by Crippen LogP contribution is -2.14. The van der Waals surface area contributed by atoms with E-state index in [1.165, 1.54) is 11.3 Å². The highest BCUT2D eigenvalue weighted by atomic mass is 32.1. The van der Waals surface area contributed by atoms with Gasteiger partial charge in [0, 0.05) is 21.7 Å². The van der Waals surface area contributed by atoms with Crippen LogP contribution in [-0.2, 0) is 0 Å². The van der Waals surface area contributed by atoms with E-state index in [0.29, 0.717) is 11.1 Å². The summed E-state index contributed by atoms with van der Waals surface area (Å²) in [6, 6.07) is 31.4. The lowest BCUT2D eigenvalue weighted by Gasteiger charge is -2.30. The Morgan fingerprint density at radius 1 is 0.686 bits per heavy atom. The average Bonchev–Trinajstić information content (AvgIpc) is 3.40. The number of ether oxygens (including phenoxy) is 1. The summed E-state index contributed by atoms with van der Waals surface area (Å²) in [6.07, 6.45) is 1.70. The standard InChI is InChI=1S/C30H17NO3S/c32-28-22-14-18-8-4-5-9-19(18)15-23(22)29(33)24(28)16-21-17-26-30(35-21)34-27-13-7-6-12-25(27)31(26)20-10-2-1-3-11-20/h1-17H. The van der Waals surface area contributed by atoms with Gasteiger partial charge in [0.1, 0.15) is 5.69 Å². The summed E-state index contributed by atoms with van der Waals surface area (Å²) in [5.74, 6) is 0.300. The first-order valence-electron chi connectivity index (χ1n) is 11.3. The van der Waals surface area contributed by atoms with Crippen LogP contribution in [0.3, 0.4) is 0 Å². The molecule has 0 unspecified atom stereocenters. The summed E-state index contributed by atoms with van der Waals surface area (Å²) in [7, 11) is 0. The summed E-state index contributed by atoms with van der Waals surface area (Å²) < 4.78 is 6.22. The fourth-order valence-electron chi connectivity index (χ4n) is 4.78. The molecule has 7 rings (SSSR count). The fraction of sp³-hybridized carbons (Fsp3) is 0. The van der Waals surface area contributed by atoms with Crippen molar-refractivity contribution in [3.05, 3.63) is 119 Å². The number of benzene rings is 4. The van der Waals surface area contributed by atoms with Gasteiger partial charge in [-0.25, -0.2) is 0 Å². The molecule has 35 heavy (non-hydrogen) atoms. The zero-order chi connectivity index (χ0) is 23.5. The van der Waals surface area contributed by atoms with E-state index in [1.807, 2.05) is 97.1 Å².